The first-order valence-electron chi connectivity index (χ1n) is 7.57. The first-order chi connectivity index (χ1) is 11.1. The van der Waals surface area contributed by atoms with Crippen LogP contribution in [0.2, 0.25) is 0 Å². The molecule has 0 unspecified atom stereocenters. The molecule has 1 aliphatic rings. The van der Waals surface area contributed by atoms with E-state index in [1.807, 2.05) is 0 Å². The van der Waals surface area contributed by atoms with Gasteiger partial charge in [-0.1, -0.05) is 31.0 Å². The van der Waals surface area contributed by atoms with Crippen LogP contribution in [0.5, 0.6) is 0 Å². The molecule has 7 heteroatoms. The van der Waals surface area contributed by atoms with E-state index in [1.54, 1.807) is 24.3 Å². The van der Waals surface area contributed by atoms with E-state index < -0.39 is 17.8 Å². The minimum atomic E-state index is -0.593. The second-order valence-corrected chi connectivity index (χ2v) is 6.10. The molecule has 0 radical (unpaired) electrons. The van der Waals surface area contributed by atoms with Crippen LogP contribution in [0.15, 0.2) is 24.3 Å². The Morgan fingerprint density at radius 3 is 2.22 bits per heavy atom. The molecular weight excluding hydrogens is 316 g/mol. The van der Waals surface area contributed by atoms with Crippen LogP contribution < -0.4 is 0 Å². The van der Waals surface area contributed by atoms with Gasteiger partial charge in [0.1, 0.15) is 0 Å². The summed E-state index contributed by atoms with van der Waals surface area (Å²) in [6.45, 7) is 7.00. The molecule has 0 bridgehead atoms. The molecule has 1 heterocycles. The van der Waals surface area contributed by atoms with E-state index in [-0.39, 0.29) is 16.9 Å². The van der Waals surface area contributed by atoms with Crippen molar-refractivity contribution < 1.29 is 19.2 Å². The zero-order chi connectivity index (χ0) is 16.8. The minimum absolute atomic E-state index is 0.106. The zero-order valence-electron chi connectivity index (χ0n) is 13.3. The average molecular weight is 336 g/mol. The summed E-state index contributed by atoms with van der Waals surface area (Å²) >= 11 is 1.42. The summed E-state index contributed by atoms with van der Waals surface area (Å²) in [5, 5.41) is 0.554. The number of rotatable bonds is 8. The van der Waals surface area contributed by atoms with Crippen molar-refractivity contribution in [2.45, 2.75) is 13.8 Å². The van der Waals surface area contributed by atoms with Crippen LogP contribution in [-0.4, -0.2) is 58.9 Å². The van der Waals surface area contributed by atoms with Gasteiger partial charge in [0.25, 0.3) is 11.8 Å². The molecule has 0 N–H and O–H groups in total. The fourth-order valence-electron chi connectivity index (χ4n) is 2.27. The van der Waals surface area contributed by atoms with Gasteiger partial charge in [-0.25, -0.2) is 4.79 Å². The largest absolute Gasteiger partial charge is 0.343 e. The van der Waals surface area contributed by atoms with E-state index in [9.17, 15) is 14.4 Å². The molecule has 0 aliphatic carbocycles. The summed E-state index contributed by atoms with van der Waals surface area (Å²) in [6.07, 6.45) is 0. The quantitative estimate of drug-likeness (QED) is 0.533. The topological polar surface area (TPSA) is 66.9 Å². The SMILES string of the molecule is CCN(CC)CCSCC(=O)ON1C(=O)c2ccccc2C1=O. The number of imide groups is 1. The third kappa shape index (κ3) is 4.11. The maximum absolute atomic E-state index is 12.1. The zero-order valence-corrected chi connectivity index (χ0v) is 14.1. The number of hydroxylamine groups is 2. The lowest BCUT2D eigenvalue weighted by molar-refractivity contribution is -0.165. The summed E-state index contributed by atoms with van der Waals surface area (Å²) in [5.41, 5.74) is 0.527. The van der Waals surface area contributed by atoms with Gasteiger partial charge in [0.2, 0.25) is 0 Å². The van der Waals surface area contributed by atoms with Crippen LogP contribution in [0.25, 0.3) is 0 Å². The van der Waals surface area contributed by atoms with Crippen LogP contribution >= 0.6 is 11.8 Å². The highest BCUT2D eigenvalue weighted by atomic mass is 32.2. The fourth-order valence-corrected chi connectivity index (χ4v) is 3.02. The van der Waals surface area contributed by atoms with Crippen LogP contribution in [0.3, 0.4) is 0 Å². The van der Waals surface area contributed by atoms with E-state index >= 15 is 0 Å². The van der Waals surface area contributed by atoms with Gasteiger partial charge in [-0.05, 0) is 25.2 Å². The van der Waals surface area contributed by atoms with Crippen molar-refractivity contribution in [3.05, 3.63) is 35.4 Å². The van der Waals surface area contributed by atoms with E-state index in [0.29, 0.717) is 5.06 Å². The number of hydrogen-bond acceptors (Lipinski definition) is 6. The molecule has 0 fully saturated rings. The van der Waals surface area contributed by atoms with Crippen LogP contribution in [-0.2, 0) is 9.63 Å². The number of benzene rings is 1. The van der Waals surface area contributed by atoms with Gasteiger partial charge in [-0.2, -0.15) is 0 Å². The van der Waals surface area contributed by atoms with Crippen LogP contribution in [0.1, 0.15) is 34.6 Å². The van der Waals surface area contributed by atoms with Crippen molar-refractivity contribution in [2.75, 3.05) is 31.1 Å². The van der Waals surface area contributed by atoms with Crippen LogP contribution in [0.4, 0.5) is 0 Å². The predicted octanol–water partition coefficient (Wildman–Crippen LogP) is 1.82. The molecule has 0 spiro atoms. The summed E-state index contributed by atoms with van der Waals surface area (Å²) in [5.74, 6) is -0.878. The van der Waals surface area contributed by atoms with Gasteiger partial charge in [-0.3, -0.25) is 9.59 Å². The number of carbonyl (C=O) groups is 3. The Labute approximate surface area is 139 Å². The highest BCUT2D eigenvalue weighted by Gasteiger charge is 2.38. The summed E-state index contributed by atoms with van der Waals surface area (Å²) in [4.78, 5) is 43.1. The molecule has 0 aromatic heterocycles. The number of thioether (sulfide) groups is 1. The highest BCUT2D eigenvalue weighted by molar-refractivity contribution is 7.99. The molecule has 2 amide bonds. The Morgan fingerprint density at radius 1 is 1.13 bits per heavy atom. The van der Waals surface area contributed by atoms with E-state index in [1.165, 1.54) is 11.8 Å². The number of nitrogens with zero attached hydrogens (tertiary/aromatic N) is 2. The molecule has 23 heavy (non-hydrogen) atoms. The Morgan fingerprint density at radius 2 is 1.70 bits per heavy atom. The number of hydrogen-bond donors (Lipinski definition) is 0. The molecule has 6 nitrogen and oxygen atoms in total. The normalized spacial score (nSPS) is 13.6. The Balaban J connectivity index is 1.81. The Hall–Kier alpha value is -1.86. The first-order valence-corrected chi connectivity index (χ1v) is 8.72. The Bertz CT molecular complexity index is 566. The van der Waals surface area contributed by atoms with Crippen molar-refractivity contribution in [2.24, 2.45) is 0 Å². The number of carbonyl (C=O) groups excluding carboxylic acids is 3. The predicted molar refractivity (Wildman–Crippen MR) is 88.1 cm³/mol. The standard InChI is InChI=1S/C16H20N2O4S/c1-3-17(4-2)9-10-23-11-14(19)22-18-15(20)12-7-5-6-8-13(12)16(18)21/h5-8H,3-4,9-11H2,1-2H3. The number of fused-ring (bicyclic) bond motifs is 1. The van der Waals surface area contributed by atoms with Gasteiger partial charge in [-0.15, -0.1) is 11.8 Å². The fraction of sp³-hybridized carbons (Fsp3) is 0.438. The van der Waals surface area contributed by atoms with Crippen molar-refractivity contribution in [3.63, 3.8) is 0 Å². The lowest BCUT2D eigenvalue weighted by Gasteiger charge is -2.17. The van der Waals surface area contributed by atoms with Crippen molar-refractivity contribution in [1.29, 1.82) is 0 Å². The molecule has 0 saturated heterocycles. The summed E-state index contributed by atoms with van der Waals surface area (Å²) < 4.78 is 0. The van der Waals surface area contributed by atoms with Gasteiger partial charge in [0, 0.05) is 12.3 Å². The highest BCUT2D eigenvalue weighted by Crippen LogP contribution is 2.22. The Kier molecular flexibility index (Phi) is 6.18. The average Bonchev–Trinajstić information content (AvgIpc) is 2.80. The van der Waals surface area contributed by atoms with Crippen LogP contribution in [0, 0.1) is 0 Å². The smallest absolute Gasteiger partial charge is 0.329 e. The van der Waals surface area contributed by atoms with Crippen molar-refractivity contribution >= 4 is 29.5 Å². The molecule has 0 atom stereocenters. The third-order valence-corrected chi connectivity index (χ3v) is 4.53. The van der Waals surface area contributed by atoms with Gasteiger partial charge in [0.05, 0.1) is 16.9 Å². The molecular formula is C16H20N2O4S. The maximum Gasteiger partial charge on any atom is 0.343 e. The maximum atomic E-state index is 12.1. The van der Waals surface area contributed by atoms with Crippen molar-refractivity contribution in [3.8, 4) is 0 Å². The molecule has 2 rings (SSSR count). The van der Waals surface area contributed by atoms with Crippen molar-refractivity contribution in [1.82, 2.24) is 9.96 Å². The van der Waals surface area contributed by atoms with Gasteiger partial charge >= 0.3 is 5.97 Å². The van der Waals surface area contributed by atoms with E-state index in [4.69, 9.17) is 4.84 Å². The van der Waals surface area contributed by atoms with E-state index in [2.05, 4.69) is 18.7 Å². The summed E-state index contributed by atoms with van der Waals surface area (Å²) in [6, 6.07) is 6.42. The lowest BCUT2D eigenvalue weighted by Crippen LogP contribution is -2.33. The molecule has 1 aliphatic heterocycles. The molecule has 124 valence electrons. The first kappa shape index (κ1) is 17.5. The molecule has 0 saturated carbocycles. The minimum Gasteiger partial charge on any atom is -0.329 e. The third-order valence-electron chi connectivity index (χ3n) is 3.62. The second kappa shape index (κ2) is 8.12. The van der Waals surface area contributed by atoms with Gasteiger partial charge in [0.15, 0.2) is 0 Å². The molecule has 1 aromatic carbocycles. The van der Waals surface area contributed by atoms with Gasteiger partial charge < -0.3 is 9.74 Å². The second-order valence-electron chi connectivity index (χ2n) is 4.99. The van der Waals surface area contributed by atoms with E-state index in [0.717, 1.165) is 25.4 Å². The monoisotopic (exact) mass is 336 g/mol. The number of amides is 2. The summed E-state index contributed by atoms with van der Waals surface area (Å²) in [7, 11) is 0. The lowest BCUT2D eigenvalue weighted by atomic mass is 10.1. The molecule has 1 aromatic rings.